The van der Waals surface area contributed by atoms with Crippen LogP contribution in [0.25, 0.3) is 0 Å². The first-order valence-corrected chi connectivity index (χ1v) is 7.05. The maximum absolute atomic E-state index is 5.56. The highest BCUT2D eigenvalue weighted by Gasteiger charge is 2.14. The minimum absolute atomic E-state index is 0.837. The standard InChI is InChI=1S/C16H25NO/c1-12-9-13(2)16(18-3)15(10-12)7-6-14-5-4-8-17-11-14/h9-10,14,17H,4-8,11H2,1-3H3. The van der Waals surface area contributed by atoms with Gasteiger partial charge in [-0.15, -0.1) is 0 Å². The van der Waals surface area contributed by atoms with Gasteiger partial charge in [0.2, 0.25) is 0 Å². The Morgan fingerprint density at radius 3 is 2.83 bits per heavy atom. The molecule has 100 valence electrons. The van der Waals surface area contributed by atoms with Gasteiger partial charge in [-0.2, -0.15) is 0 Å². The fourth-order valence-corrected chi connectivity index (χ4v) is 3.05. The zero-order chi connectivity index (χ0) is 13.0. The van der Waals surface area contributed by atoms with Crippen molar-refractivity contribution in [1.29, 1.82) is 0 Å². The number of methoxy groups -OCH3 is 1. The zero-order valence-corrected chi connectivity index (χ0v) is 11.9. The summed E-state index contributed by atoms with van der Waals surface area (Å²) in [6.07, 6.45) is 5.11. The van der Waals surface area contributed by atoms with Gasteiger partial charge in [0.25, 0.3) is 0 Å². The minimum Gasteiger partial charge on any atom is -0.496 e. The summed E-state index contributed by atoms with van der Waals surface area (Å²) in [5.74, 6) is 1.92. The third kappa shape index (κ3) is 3.26. The van der Waals surface area contributed by atoms with E-state index < -0.39 is 0 Å². The van der Waals surface area contributed by atoms with E-state index in [0.717, 1.165) is 18.1 Å². The van der Waals surface area contributed by atoms with E-state index in [-0.39, 0.29) is 0 Å². The first-order valence-electron chi connectivity index (χ1n) is 7.05. The van der Waals surface area contributed by atoms with Crippen LogP contribution in [0.3, 0.4) is 0 Å². The largest absolute Gasteiger partial charge is 0.496 e. The van der Waals surface area contributed by atoms with Crippen molar-refractivity contribution in [2.75, 3.05) is 20.2 Å². The van der Waals surface area contributed by atoms with Gasteiger partial charge in [-0.1, -0.05) is 17.7 Å². The number of piperidine rings is 1. The topological polar surface area (TPSA) is 21.3 Å². The SMILES string of the molecule is COc1c(C)cc(C)cc1CCC1CCCNC1. The monoisotopic (exact) mass is 247 g/mol. The van der Waals surface area contributed by atoms with Crippen LogP contribution in [-0.2, 0) is 6.42 Å². The Morgan fingerprint density at radius 1 is 1.33 bits per heavy atom. The van der Waals surface area contributed by atoms with Crippen LogP contribution in [0.4, 0.5) is 0 Å². The molecule has 1 heterocycles. The molecule has 1 aliphatic heterocycles. The van der Waals surface area contributed by atoms with Crippen molar-refractivity contribution in [3.05, 3.63) is 28.8 Å². The molecule has 2 rings (SSSR count). The molecule has 1 aromatic rings. The summed E-state index contributed by atoms with van der Waals surface area (Å²) in [6, 6.07) is 4.48. The van der Waals surface area contributed by atoms with Crippen LogP contribution in [-0.4, -0.2) is 20.2 Å². The molecular weight excluding hydrogens is 222 g/mol. The highest BCUT2D eigenvalue weighted by molar-refractivity contribution is 5.43. The first-order chi connectivity index (χ1) is 8.70. The van der Waals surface area contributed by atoms with Gasteiger partial charge in [0.15, 0.2) is 0 Å². The van der Waals surface area contributed by atoms with Gasteiger partial charge in [0.1, 0.15) is 5.75 Å². The van der Waals surface area contributed by atoms with Crippen LogP contribution in [0.2, 0.25) is 0 Å². The second-order valence-electron chi connectivity index (χ2n) is 5.53. The second-order valence-corrected chi connectivity index (χ2v) is 5.53. The van der Waals surface area contributed by atoms with Crippen LogP contribution >= 0.6 is 0 Å². The lowest BCUT2D eigenvalue weighted by molar-refractivity contribution is 0.354. The van der Waals surface area contributed by atoms with Crippen molar-refractivity contribution >= 4 is 0 Å². The molecule has 1 aromatic carbocycles. The van der Waals surface area contributed by atoms with Crippen molar-refractivity contribution < 1.29 is 4.74 Å². The van der Waals surface area contributed by atoms with Crippen molar-refractivity contribution in [1.82, 2.24) is 5.32 Å². The third-order valence-corrected chi connectivity index (χ3v) is 3.92. The molecule has 0 aromatic heterocycles. The lowest BCUT2D eigenvalue weighted by atomic mass is 9.91. The normalized spacial score (nSPS) is 19.8. The summed E-state index contributed by atoms with van der Waals surface area (Å²) in [6.45, 7) is 6.69. The molecule has 0 aliphatic carbocycles. The van der Waals surface area contributed by atoms with Gasteiger partial charge < -0.3 is 10.1 Å². The number of aryl methyl sites for hydroxylation is 3. The van der Waals surface area contributed by atoms with E-state index in [1.165, 1.54) is 49.0 Å². The van der Waals surface area contributed by atoms with Gasteiger partial charge in [-0.25, -0.2) is 0 Å². The Labute approximate surface area is 111 Å². The van der Waals surface area contributed by atoms with Gasteiger partial charge in [-0.05, 0) is 69.7 Å². The number of hydrogen-bond acceptors (Lipinski definition) is 2. The van der Waals surface area contributed by atoms with Gasteiger partial charge >= 0.3 is 0 Å². The number of hydrogen-bond donors (Lipinski definition) is 1. The highest BCUT2D eigenvalue weighted by atomic mass is 16.5. The Bertz CT molecular complexity index is 394. The van der Waals surface area contributed by atoms with E-state index in [1.807, 2.05) is 0 Å². The fourth-order valence-electron chi connectivity index (χ4n) is 3.05. The summed E-state index contributed by atoms with van der Waals surface area (Å²) >= 11 is 0. The maximum atomic E-state index is 5.56. The average molecular weight is 247 g/mol. The van der Waals surface area contributed by atoms with E-state index >= 15 is 0 Å². The quantitative estimate of drug-likeness (QED) is 0.882. The van der Waals surface area contributed by atoms with Crippen LogP contribution in [0, 0.1) is 19.8 Å². The molecule has 2 heteroatoms. The molecule has 2 nitrogen and oxygen atoms in total. The molecule has 0 spiro atoms. The molecule has 0 bridgehead atoms. The highest BCUT2D eigenvalue weighted by Crippen LogP contribution is 2.28. The molecule has 0 saturated carbocycles. The van der Waals surface area contributed by atoms with Crippen molar-refractivity contribution in [3.8, 4) is 5.75 Å². The first kappa shape index (κ1) is 13.4. The molecular formula is C16H25NO. The summed E-state index contributed by atoms with van der Waals surface area (Å²) in [5.41, 5.74) is 3.97. The second kappa shape index (κ2) is 6.24. The molecule has 1 atom stereocenters. The zero-order valence-electron chi connectivity index (χ0n) is 11.9. The molecule has 0 amide bonds. The van der Waals surface area contributed by atoms with Crippen molar-refractivity contribution in [3.63, 3.8) is 0 Å². The molecule has 1 N–H and O–H groups in total. The Balaban J connectivity index is 2.03. The average Bonchev–Trinajstić information content (AvgIpc) is 2.37. The number of ether oxygens (including phenoxy) is 1. The predicted molar refractivity (Wildman–Crippen MR) is 76.4 cm³/mol. The van der Waals surface area contributed by atoms with Gasteiger partial charge in [-0.3, -0.25) is 0 Å². The Kier molecular flexibility index (Phi) is 4.65. The van der Waals surface area contributed by atoms with E-state index in [4.69, 9.17) is 4.74 Å². The summed E-state index contributed by atoms with van der Waals surface area (Å²) < 4.78 is 5.56. The van der Waals surface area contributed by atoms with Crippen LogP contribution in [0.1, 0.15) is 36.0 Å². The third-order valence-electron chi connectivity index (χ3n) is 3.92. The number of benzene rings is 1. The van der Waals surface area contributed by atoms with Crippen LogP contribution < -0.4 is 10.1 Å². The maximum Gasteiger partial charge on any atom is 0.124 e. The molecule has 1 unspecified atom stereocenters. The lowest BCUT2D eigenvalue weighted by Crippen LogP contribution is -2.29. The number of nitrogens with one attached hydrogen (secondary N) is 1. The van der Waals surface area contributed by atoms with E-state index in [0.29, 0.717) is 0 Å². The summed E-state index contributed by atoms with van der Waals surface area (Å²) in [5, 5.41) is 3.49. The summed E-state index contributed by atoms with van der Waals surface area (Å²) in [4.78, 5) is 0. The molecule has 1 saturated heterocycles. The number of rotatable bonds is 4. The van der Waals surface area contributed by atoms with Crippen molar-refractivity contribution in [2.24, 2.45) is 5.92 Å². The van der Waals surface area contributed by atoms with Crippen LogP contribution in [0.15, 0.2) is 12.1 Å². The van der Waals surface area contributed by atoms with Gasteiger partial charge in [0, 0.05) is 0 Å². The molecule has 18 heavy (non-hydrogen) atoms. The smallest absolute Gasteiger partial charge is 0.124 e. The lowest BCUT2D eigenvalue weighted by Gasteiger charge is -2.23. The molecule has 1 fully saturated rings. The molecule has 0 radical (unpaired) electrons. The summed E-state index contributed by atoms with van der Waals surface area (Å²) in [7, 11) is 1.78. The minimum atomic E-state index is 0.837. The fraction of sp³-hybridized carbons (Fsp3) is 0.625. The van der Waals surface area contributed by atoms with E-state index in [1.54, 1.807) is 7.11 Å². The Morgan fingerprint density at radius 2 is 2.17 bits per heavy atom. The molecule has 1 aliphatic rings. The van der Waals surface area contributed by atoms with Gasteiger partial charge in [0.05, 0.1) is 7.11 Å². The Hall–Kier alpha value is -1.02. The van der Waals surface area contributed by atoms with E-state index in [2.05, 4.69) is 31.3 Å². The predicted octanol–water partition coefficient (Wildman–Crippen LogP) is 3.24. The van der Waals surface area contributed by atoms with Crippen LogP contribution in [0.5, 0.6) is 5.75 Å². The van der Waals surface area contributed by atoms with E-state index in [9.17, 15) is 0 Å². The van der Waals surface area contributed by atoms with Crippen molar-refractivity contribution in [2.45, 2.75) is 39.5 Å².